The average molecular weight is 475 g/mol. The predicted molar refractivity (Wildman–Crippen MR) is 117 cm³/mol. The number of carbonyl (C=O) groups excluding carboxylic acids is 3. The van der Waals surface area contributed by atoms with Crippen LogP contribution in [0.3, 0.4) is 0 Å². The molecule has 1 aromatic carbocycles. The lowest BCUT2D eigenvalue weighted by atomic mass is 10.2. The highest BCUT2D eigenvalue weighted by atomic mass is 19.1. The van der Waals surface area contributed by atoms with Crippen LogP contribution >= 0.6 is 0 Å². The number of aromatic amines is 1. The summed E-state index contributed by atoms with van der Waals surface area (Å²) in [6.45, 7) is 4.55. The van der Waals surface area contributed by atoms with E-state index in [1.807, 2.05) is 9.80 Å². The Morgan fingerprint density at radius 1 is 1.24 bits per heavy atom. The number of piperazine rings is 1. The van der Waals surface area contributed by atoms with Gasteiger partial charge in [0.1, 0.15) is 11.9 Å². The minimum Gasteiger partial charge on any atom is -0.442 e. The molecule has 2 saturated heterocycles. The molecule has 182 valence electrons. The molecule has 2 aliphatic rings. The number of aromatic nitrogens is 4. The molecule has 0 bridgehead atoms. The second kappa shape index (κ2) is 10.4. The molecular weight excluding hydrogens is 449 g/mol. The van der Waals surface area contributed by atoms with Crippen molar-refractivity contribution in [3.05, 3.63) is 29.8 Å². The minimum atomic E-state index is -0.575. The maximum absolute atomic E-state index is 14.9. The lowest BCUT2D eigenvalue weighted by Crippen LogP contribution is -2.49. The van der Waals surface area contributed by atoms with Gasteiger partial charge in [-0.25, -0.2) is 9.18 Å². The highest BCUT2D eigenvalue weighted by molar-refractivity contribution is 5.90. The van der Waals surface area contributed by atoms with Crippen molar-refractivity contribution in [3.63, 3.8) is 0 Å². The minimum absolute atomic E-state index is 0.150. The van der Waals surface area contributed by atoms with E-state index in [-0.39, 0.29) is 38.0 Å². The van der Waals surface area contributed by atoms with Gasteiger partial charge in [-0.15, -0.1) is 10.2 Å². The fourth-order valence-electron chi connectivity index (χ4n) is 3.86. The lowest BCUT2D eigenvalue weighted by molar-refractivity contribution is -0.122. The Labute approximate surface area is 194 Å². The third-order valence-electron chi connectivity index (χ3n) is 5.61. The number of carbonyl (C=O) groups is 3. The van der Waals surface area contributed by atoms with Crippen LogP contribution in [0.15, 0.2) is 18.2 Å². The van der Waals surface area contributed by atoms with Gasteiger partial charge in [-0.3, -0.25) is 19.4 Å². The van der Waals surface area contributed by atoms with E-state index in [9.17, 15) is 18.8 Å². The van der Waals surface area contributed by atoms with Gasteiger partial charge in [-0.05, 0) is 18.2 Å². The van der Waals surface area contributed by atoms with Gasteiger partial charge < -0.3 is 20.3 Å². The van der Waals surface area contributed by atoms with E-state index >= 15 is 0 Å². The Kier molecular flexibility index (Phi) is 7.15. The number of rotatable bonds is 8. The maximum Gasteiger partial charge on any atom is 0.414 e. The van der Waals surface area contributed by atoms with Gasteiger partial charge in [0, 0.05) is 33.1 Å². The summed E-state index contributed by atoms with van der Waals surface area (Å²) in [5, 5.41) is 18.7. The molecule has 2 aliphatic heterocycles. The molecular formula is C20H26FN9O4. The van der Waals surface area contributed by atoms with E-state index < -0.39 is 18.0 Å². The second-order valence-electron chi connectivity index (χ2n) is 8.06. The van der Waals surface area contributed by atoms with Crippen molar-refractivity contribution >= 4 is 29.3 Å². The molecule has 14 heteroatoms. The Morgan fingerprint density at radius 2 is 2.03 bits per heavy atom. The van der Waals surface area contributed by atoms with Crippen molar-refractivity contribution in [1.29, 1.82) is 0 Å². The number of amides is 3. The summed E-state index contributed by atoms with van der Waals surface area (Å²) < 4.78 is 20.2. The number of nitrogens with one attached hydrogen (secondary N) is 3. The van der Waals surface area contributed by atoms with Crippen molar-refractivity contribution < 1.29 is 23.5 Å². The summed E-state index contributed by atoms with van der Waals surface area (Å²) in [7, 11) is 0. The van der Waals surface area contributed by atoms with Crippen molar-refractivity contribution in [2.24, 2.45) is 0 Å². The van der Waals surface area contributed by atoms with Gasteiger partial charge in [0.15, 0.2) is 5.82 Å². The van der Waals surface area contributed by atoms with Gasteiger partial charge in [-0.1, -0.05) is 5.21 Å². The monoisotopic (exact) mass is 475 g/mol. The highest BCUT2D eigenvalue weighted by Gasteiger charge is 2.33. The number of benzene rings is 1. The number of nitrogens with zero attached hydrogens (tertiary/aromatic N) is 6. The van der Waals surface area contributed by atoms with E-state index in [0.717, 1.165) is 0 Å². The van der Waals surface area contributed by atoms with E-state index in [1.54, 1.807) is 12.1 Å². The molecule has 0 spiro atoms. The van der Waals surface area contributed by atoms with Crippen LogP contribution < -0.4 is 20.4 Å². The van der Waals surface area contributed by atoms with Crippen LogP contribution in [0, 0.1) is 5.82 Å². The van der Waals surface area contributed by atoms with Gasteiger partial charge in [-0.2, -0.15) is 5.21 Å². The first-order valence-corrected chi connectivity index (χ1v) is 10.9. The summed E-state index contributed by atoms with van der Waals surface area (Å²) in [4.78, 5) is 40.6. The molecule has 13 nitrogen and oxygen atoms in total. The number of ether oxygens (including phenoxy) is 1. The summed E-state index contributed by atoms with van der Waals surface area (Å²) in [5.74, 6) is -0.401. The van der Waals surface area contributed by atoms with Crippen LogP contribution in [0.5, 0.6) is 0 Å². The molecule has 3 amide bonds. The smallest absolute Gasteiger partial charge is 0.414 e. The standard InChI is InChI=1S/C20H26FN9O4/c1-13(31)22-9-15-11-30(20(33)34-15)14-2-3-17(16(21)8-14)29-6-4-28(5-7-29)12-19(32)23-10-18-24-26-27-25-18/h2-3,8,15H,4-7,9-12H2,1H3,(H,22,31)(H,23,32)(H,24,25,26,27)/t15-/m0/s1. The molecule has 0 aliphatic carbocycles. The topological polar surface area (TPSA) is 149 Å². The van der Waals surface area contributed by atoms with Crippen molar-refractivity contribution in [2.45, 2.75) is 19.6 Å². The number of anilines is 2. The Hall–Kier alpha value is -3.81. The van der Waals surface area contributed by atoms with Crippen molar-refractivity contribution in [2.75, 3.05) is 55.6 Å². The molecule has 0 radical (unpaired) electrons. The number of hydrogen-bond donors (Lipinski definition) is 3. The lowest BCUT2D eigenvalue weighted by Gasteiger charge is -2.36. The summed E-state index contributed by atoms with van der Waals surface area (Å²) in [6, 6.07) is 4.64. The molecule has 0 saturated carbocycles. The van der Waals surface area contributed by atoms with Crippen LogP contribution in [-0.2, 0) is 20.9 Å². The fraction of sp³-hybridized carbons (Fsp3) is 0.500. The molecule has 1 aromatic heterocycles. The number of H-pyrrole nitrogens is 1. The number of hydrogen-bond acceptors (Lipinski definition) is 9. The third-order valence-corrected chi connectivity index (χ3v) is 5.61. The zero-order valence-electron chi connectivity index (χ0n) is 18.7. The molecule has 4 rings (SSSR count). The highest BCUT2D eigenvalue weighted by Crippen LogP contribution is 2.28. The normalized spacial score (nSPS) is 18.6. The number of tetrazole rings is 1. The van der Waals surface area contributed by atoms with Crippen LogP contribution in [-0.4, -0.2) is 95.3 Å². The Bertz CT molecular complexity index is 1030. The average Bonchev–Trinajstić information content (AvgIpc) is 3.46. The van der Waals surface area contributed by atoms with E-state index in [4.69, 9.17) is 4.74 Å². The predicted octanol–water partition coefficient (Wildman–Crippen LogP) is -0.761. The van der Waals surface area contributed by atoms with Crippen LogP contribution in [0.1, 0.15) is 12.7 Å². The number of halogens is 1. The zero-order valence-corrected chi connectivity index (χ0v) is 18.7. The first kappa shape index (κ1) is 23.4. The Balaban J connectivity index is 1.27. The first-order valence-electron chi connectivity index (χ1n) is 10.9. The fourth-order valence-corrected chi connectivity index (χ4v) is 3.86. The summed E-state index contributed by atoms with van der Waals surface area (Å²) in [5.41, 5.74) is 0.834. The molecule has 3 N–H and O–H groups in total. The van der Waals surface area contributed by atoms with Gasteiger partial charge in [0.2, 0.25) is 11.8 Å². The Morgan fingerprint density at radius 3 is 2.71 bits per heavy atom. The van der Waals surface area contributed by atoms with Crippen molar-refractivity contribution in [1.82, 2.24) is 36.2 Å². The molecule has 1 atom stereocenters. The van der Waals surface area contributed by atoms with E-state index in [1.165, 1.54) is 17.9 Å². The largest absolute Gasteiger partial charge is 0.442 e. The quantitative estimate of drug-likeness (QED) is 0.448. The molecule has 2 aromatic rings. The van der Waals surface area contributed by atoms with Crippen molar-refractivity contribution in [3.8, 4) is 0 Å². The SMILES string of the molecule is CC(=O)NC[C@H]1CN(c2ccc(N3CCN(CC(=O)NCc4nn[nH]n4)CC3)c(F)c2)C(=O)O1. The van der Waals surface area contributed by atoms with E-state index in [2.05, 4.69) is 31.3 Å². The summed E-state index contributed by atoms with van der Waals surface area (Å²) >= 11 is 0. The maximum atomic E-state index is 14.9. The second-order valence-corrected chi connectivity index (χ2v) is 8.06. The van der Waals surface area contributed by atoms with Gasteiger partial charge in [0.05, 0.1) is 37.6 Å². The zero-order chi connectivity index (χ0) is 24.1. The summed E-state index contributed by atoms with van der Waals surface area (Å²) in [6.07, 6.45) is -1.06. The number of cyclic esters (lactones) is 1. The van der Waals surface area contributed by atoms with Crippen LogP contribution in [0.25, 0.3) is 0 Å². The first-order chi connectivity index (χ1) is 16.4. The van der Waals surface area contributed by atoms with Gasteiger partial charge >= 0.3 is 6.09 Å². The molecule has 0 unspecified atom stereocenters. The molecule has 3 heterocycles. The van der Waals surface area contributed by atoms with Crippen LogP contribution in [0.4, 0.5) is 20.6 Å². The molecule has 2 fully saturated rings. The molecule has 34 heavy (non-hydrogen) atoms. The third kappa shape index (κ3) is 5.75. The van der Waals surface area contributed by atoms with Gasteiger partial charge in [0.25, 0.3) is 0 Å². The van der Waals surface area contributed by atoms with Crippen LogP contribution in [0.2, 0.25) is 0 Å². The van der Waals surface area contributed by atoms with E-state index in [0.29, 0.717) is 43.4 Å².